The summed E-state index contributed by atoms with van der Waals surface area (Å²) in [5.41, 5.74) is 8.68. The van der Waals surface area contributed by atoms with Gasteiger partial charge in [0.15, 0.2) is 11.0 Å². The molecule has 1 aromatic carbocycles. The molecule has 0 bridgehead atoms. The predicted octanol–water partition coefficient (Wildman–Crippen LogP) is 0.811. The Labute approximate surface area is 197 Å². The minimum Gasteiger partial charge on any atom is -0.395 e. The van der Waals surface area contributed by atoms with Crippen LogP contribution in [0.5, 0.6) is 0 Å². The van der Waals surface area contributed by atoms with Crippen molar-refractivity contribution in [2.75, 3.05) is 11.9 Å². The van der Waals surface area contributed by atoms with E-state index in [0.717, 1.165) is 17.4 Å². The fourth-order valence-corrected chi connectivity index (χ4v) is 6.32. The Balaban J connectivity index is 1.61. The van der Waals surface area contributed by atoms with E-state index < -0.39 is 5.54 Å². The van der Waals surface area contributed by atoms with E-state index in [1.807, 2.05) is 26.0 Å². The minimum absolute atomic E-state index is 0.0189. The number of aromatic nitrogens is 2. The summed E-state index contributed by atoms with van der Waals surface area (Å²) < 4.78 is 14.9. The van der Waals surface area contributed by atoms with Crippen LogP contribution in [-0.4, -0.2) is 47.3 Å². The van der Waals surface area contributed by atoms with Crippen LogP contribution < -0.4 is 16.5 Å². The Morgan fingerprint density at radius 2 is 2.18 bits per heavy atom. The number of amidine groups is 1. The van der Waals surface area contributed by atoms with Gasteiger partial charge in [0.1, 0.15) is 27.0 Å². The third-order valence-electron chi connectivity index (χ3n) is 6.86. The van der Waals surface area contributed by atoms with Crippen LogP contribution in [0.2, 0.25) is 6.32 Å². The summed E-state index contributed by atoms with van der Waals surface area (Å²) in [7, 11) is 3.80. The van der Waals surface area contributed by atoms with E-state index in [1.54, 1.807) is 20.2 Å². The highest BCUT2D eigenvalue weighted by Gasteiger charge is 2.67. The van der Waals surface area contributed by atoms with E-state index in [4.69, 9.17) is 17.1 Å². The first kappa shape index (κ1) is 21.8. The summed E-state index contributed by atoms with van der Waals surface area (Å²) in [6, 6.07) is 7.07. The SMILES string of the molecule is BC[C@]1(c2cc(Nc3nccc4cc(C#C)cnc34)cc(F)c2B)N=C(N)S[C@]2(CO)C[C@@H]21. The quantitative estimate of drug-likeness (QED) is 0.388. The highest BCUT2D eigenvalue weighted by Crippen LogP contribution is 2.66. The zero-order chi connectivity index (χ0) is 23.4. The van der Waals surface area contributed by atoms with Gasteiger partial charge in [0, 0.05) is 34.9 Å². The maximum atomic E-state index is 15.2. The topological polar surface area (TPSA) is 96.4 Å². The van der Waals surface area contributed by atoms with Crippen LogP contribution in [0.3, 0.4) is 0 Å². The van der Waals surface area contributed by atoms with Crippen LogP contribution in [0.4, 0.5) is 15.9 Å². The van der Waals surface area contributed by atoms with Crippen LogP contribution in [-0.2, 0) is 5.54 Å². The number of pyridine rings is 2. The number of terminal acetylenes is 1. The molecule has 0 amide bonds. The molecule has 0 spiro atoms. The van der Waals surface area contributed by atoms with E-state index >= 15 is 4.39 Å². The first-order chi connectivity index (χ1) is 15.9. The molecule has 0 saturated heterocycles. The largest absolute Gasteiger partial charge is 0.395 e. The third-order valence-corrected chi connectivity index (χ3v) is 8.15. The lowest BCUT2D eigenvalue weighted by atomic mass is 9.69. The van der Waals surface area contributed by atoms with Crippen molar-refractivity contribution in [1.82, 2.24) is 9.97 Å². The maximum absolute atomic E-state index is 15.2. The molecule has 33 heavy (non-hydrogen) atoms. The predicted molar refractivity (Wildman–Crippen MR) is 137 cm³/mol. The fraction of sp³-hybridized carbons (Fsp3) is 0.261. The van der Waals surface area contributed by atoms with E-state index in [0.29, 0.717) is 39.5 Å². The zero-order valence-electron chi connectivity index (χ0n) is 18.4. The fourth-order valence-electron chi connectivity index (χ4n) is 5.05. The normalized spacial score (nSPS) is 25.7. The third kappa shape index (κ3) is 3.38. The maximum Gasteiger partial charge on any atom is 0.156 e. The van der Waals surface area contributed by atoms with E-state index in [-0.39, 0.29) is 23.1 Å². The molecule has 2 aromatic heterocycles. The summed E-state index contributed by atoms with van der Waals surface area (Å²) >= 11 is 1.43. The van der Waals surface area contributed by atoms with Crippen LogP contribution >= 0.6 is 11.8 Å². The van der Waals surface area contributed by atoms with Crippen molar-refractivity contribution in [3.63, 3.8) is 0 Å². The number of anilines is 2. The number of nitrogens with two attached hydrogens (primary N) is 1. The molecule has 164 valence electrons. The summed E-state index contributed by atoms with van der Waals surface area (Å²) in [6.07, 6.45) is 10.2. The number of benzene rings is 1. The molecule has 3 atom stereocenters. The first-order valence-corrected chi connectivity index (χ1v) is 11.6. The second-order valence-electron chi connectivity index (χ2n) is 8.66. The summed E-state index contributed by atoms with van der Waals surface area (Å²) in [4.78, 5) is 13.7. The molecule has 1 aliphatic carbocycles. The van der Waals surface area contributed by atoms with Crippen molar-refractivity contribution < 1.29 is 9.50 Å². The van der Waals surface area contributed by atoms with Gasteiger partial charge in [0.2, 0.25) is 0 Å². The monoisotopic (exact) mass is 457 g/mol. The minimum atomic E-state index is -0.688. The molecule has 3 aromatic rings. The lowest BCUT2D eigenvalue weighted by molar-refractivity contribution is 0.267. The van der Waals surface area contributed by atoms with Gasteiger partial charge in [0.05, 0.1) is 16.9 Å². The molecule has 1 fully saturated rings. The van der Waals surface area contributed by atoms with Crippen LogP contribution in [0.25, 0.3) is 10.9 Å². The van der Waals surface area contributed by atoms with Crippen LogP contribution in [0, 0.1) is 24.1 Å². The Kier molecular flexibility index (Phi) is 5.15. The number of aliphatic hydroxyl groups is 1. The number of fused-ring (bicyclic) bond motifs is 2. The number of hydrogen-bond acceptors (Lipinski definition) is 7. The lowest BCUT2D eigenvalue weighted by Gasteiger charge is -2.37. The van der Waals surface area contributed by atoms with Gasteiger partial charge in [-0.1, -0.05) is 24.0 Å². The van der Waals surface area contributed by atoms with Gasteiger partial charge in [-0.15, -0.1) is 6.42 Å². The zero-order valence-corrected chi connectivity index (χ0v) is 19.2. The van der Waals surface area contributed by atoms with Crippen LogP contribution in [0.1, 0.15) is 17.5 Å². The Morgan fingerprint density at radius 1 is 1.36 bits per heavy atom. The van der Waals surface area contributed by atoms with Crippen molar-refractivity contribution in [3.05, 3.63) is 53.6 Å². The molecule has 0 unspecified atom stereocenters. The lowest BCUT2D eigenvalue weighted by Crippen LogP contribution is -2.42. The summed E-state index contributed by atoms with van der Waals surface area (Å²) in [6.45, 7) is 0.0189. The Morgan fingerprint density at radius 3 is 2.91 bits per heavy atom. The standard InChI is InChI=1S/C23H22B2FN5OS/c1-2-12-5-13-3-4-28-20(19(13)29-9-12)30-14-6-15(18(25)16(26)7-14)23(10-24)17-8-22(17,11-32)33-21(27)31-23/h1,3-7,9,17,32H,8,10-11,24-25H2,(H2,27,31)(H,28,30)/t17-,22-,23+/m0/s1. The van der Waals surface area contributed by atoms with E-state index in [2.05, 4.69) is 21.2 Å². The van der Waals surface area contributed by atoms with E-state index in [9.17, 15) is 5.11 Å². The van der Waals surface area contributed by atoms with Crippen molar-refractivity contribution in [3.8, 4) is 12.3 Å². The number of halogens is 1. The summed E-state index contributed by atoms with van der Waals surface area (Å²) in [5, 5.41) is 14.6. The molecule has 1 saturated carbocycles. The van der Waals surface area contributed by atoms with Gasteiger partial charge in [-0.05, 0) is 41.7 Å². The van der Waals surface area contributed by atoms with Crippen molar-refractivity contribution in [1.29, 1.82) is 0 Å². The number of nitrogens with one attached hydrogen (secondary N) is 1. The average Bonchev–Trinajstić information content (AvgIpc) is 3.56. The highest BCUT2D eigenvalue weighted by molar-refractivity contribution is 8.15. The van der Waals surface area contributed by atoms with Gasteiger partial charge in [-0.2, -0.15) is 0 Å². The summed E-state index contributed by atoms with van der Waals surface area (Å²) in [5.74, 6) is 2.84. The van der Waals surface area contributed by atoms with E-state index in [1.165, 1.54) is 17.8 Å². The smallest absolute Gasteiger partial charge is 0.156 e. The average molecular weight is 457 g/mol. The molecule has 4 N–H and O–H groups in total. The van der Waals surface area contributed by atoms with Gasteiger partial charge in [-0.3, -0.25) is 9.98 Å². The molecule has 2 aliphatic rings. The molecule has 0 radical (unpaired) electrons. The number of nitrogens with zero attached hydrogens (tertiary/aromatic N) is 3. The molecule has 6 nitrogen and oxygen atoms in total. The Bertz CT molecular complexity index is 1360. The van der Waals surface area contributed by atoms with Crippen molar-refractivity contribution in [2.24, 2.45) is 16.6 Å². The Hall–Kier alpha value is -3.02. The molecule has 1 aliphatic heterocycles. The number of hydrogen-bond donors (Lipinski definition) is 3. The van der Waals surface area contributed by atoms with Gasteiger partial charge in [-0.25, -0.2) is 9.37 Å². The second kappa shape index (κ2) is 7.79. The van der Waals surface area contributed by atoms with Gasteiger partial charge in [0.25, 0.3) is 0 Å². The number of thioether (sulfide) groups is 1. The molecular weight excluding hydrogens is 435 g/mol. The van der Waals surface area contributed by atoms with Crippen molar-refractivity contribution >= 4 is 60.5 Å². The first-order valence-electron chi connectivity index (χ1n) is 10.8. The highest BCUT2D eigenvalue weighted by atomic mass is 32.2. The van der Waals surface area contributed by atoms with Gasteiger partial charge >= 0.3 is 0 Å². The van der Waals surface area contributed by atoms with Gasteiger partial charge < -0.3 is 16.2 Å². The molecular formula is C23H22B2FN5OS. The number of aliphatic hydroxyl groups excluding tert-OH is 1. The number of aliphatic imine (C=N–C) groups is 1. The molecule has 3 heterocycles. The van der Waals surface area contributed by atoms with Crippen LogP contribution in [0.15, 0.2) is 41.7 Å². The second-order valence-corrected chi connectivity index (χ2v) is 10.1. The molecule has 5 rings (SSSR count). The van der Waals surface area contributed by atoms with Crippen molar-refractivity contribution in [2.45, 2.75) is 23.0 Å². The molecule has 10 heteroatoms. The number of rotatable bonds is 5.